The maximum Gasteiger partial charge on any atom is 0.163 e. The van der Waals surface area contributed by atoms with E-state index < -0.39 is 11.6 Å². The van der Waals surface area contributed by atoms with Gasteiger partial charge in [-0.25, -0.2) is 13.5 Å². The summed E-state index contributed by atoms with van der Waals surface area (Å²) in [4.78, 5) is 0. The molecular formula is C17H11F2N3O. The van der Waals surface area contributed by atoms with Crippen molar-refractivity contribution in [2.75, 3.05) is 7.11 Å². The van der Waals surface area contributed by atoms with E-state index in [0.717, 1.165) is 18.2 Å². The smallest absolute Gasteiger partial charge is 0.163 e. The summed E-state index contributed by atoms with van der Waals surface area (Å²) >= 11 is 0. The molecule has 6 heteroatoms. The van der Waals surface area contributed by atoms with E-state index in [1.165, 1.54) is 17.9 Å². The minimum Gasteiger partial charge on any atom is -0.497 e. The predicted molar refractivity (Wildman–Crippen MR) is 80.2 cm³/mol. The summed E-state index contributed by atoms with van der Waals surface area (Å²) < 4.78 is 34.1. The Morgan fingerprint density at radius 1 is 1.13 bits per heavy atom. The topological polar surface area (TPSA) is 50.8 Å². The van der Waals surface area contributed by atoms with Crippen LogP contribution in [0.5, 0.6) is 5.75 Å². The lowest BCUT2D eigenvalue weighted by atomic mass is 10.1. The number of nitrogens with zero attached hydrogens (tertiary/aromatic N) is 3. The van der Waals surface area contributed by atoms with Gasteiger partial charge in [-0.05, 0) is 30.3 Å². The second kappa shape index (κ2) is 5.89. The highest BCUT2D eigenvalue weighted by atomic mass is 19.1. The zero-order valence-corrected chi connectivity index (χ0v) is 12.1. The maximum absolute atomic E-state index is 14.1. The molecule has 0 aliphatic carbocycles. The van der Waals surface area contributed by atoms with Gasteiger partial charge in [0.2, 0.25) is 0 Å². The third-order valence-corrected chi connectivity index (χ3v) is 3.33. The van der Waals surface area contributed by atoms with Crippen LogP contribution >= 0.6 is 0 Å². The van der Waals surface area contributed by atoms with Gasteiger partial charge in [-0.3, -0.25) is 0 Å². The number of ether oxygens (including phenoxy) is 1. The quantitative estimate of drug-likeness (QED) is 0.741. The zero-order chi connectivity index (χ0) is 16.4. The Morgan fingerprint density at radius 2 is 1.96 bits per heavy atom. The molecule has 0 N–H and O–H groups in total. The number of benzene rings is 2. The van der Waals surface area contributed by atoms with Crippen LogP contribution in [0.4, 0.5) is 8.78 Å². The van der Waals surface area contributed by atoms with Crippen LogP contribution in [0, 0.1) is 23.0 Å². The van der Waals surface area contributed by atoms with E-state index in [2.05, 4.69) is 5.10 Å². The third-order valence-electron chi connectivity index (χ3n) is 3.33. The molecule has 3 rings (SSSR count). The van der Waals surface area contributed by atoms with E-state index in [0.29, 0.717) is 11.4 Å². The predicted octanol–water partition coefficient (Wildman–Crippen LogP) is 3.70. The summed E-state index contributed by atoms with van der Waals surface area (Å²) in [7, 11) is 1.52. The molecule has 0 bridgehead atoms. The average Bonchev–Trinajstić information content (AvgIpc) is 3.01. The molecule has 114 valence electrons. The molecule has 0 saturated heterocycles. The molecule has 0 saturated carbocycles. The monoisotopic (exact) mass is 311 g/mol. The normalized spacial score (nSPS) is 10.3. The van der Waals surface area contributed by atoms with Crippen LogP contribution in [-0.2, 0) is 0 Å². The number of methoxy groups -OCH3 is 1. The number of hydrogen-bond acceptors (Lipinski definition) is 3. The second-order valence-electron chi connectivity index (χ2n) is 4.76. The highest BCUT2D eigenvalue weighted by Crippen LogP contribution is 2.28. The summed E-state index contributed by atoms with van der Waals surface area (Å²) in [5.74, 6) is -0.583. The third kappa shape index (κ3) is 2.77. The van der Waals surface area contributed by atoms with Crippen LogP contribution in [0.25, 0.3) is 16.9 Å². The Balaban J connectivity index is 2.23. The number of hydrogen-bond donors (Lipinski definition) is 0. The zero-order valence-electron chi connectivity index (χ0n) is 12.1. The number of aromatic nitrogens is 2. The lowest BCUT2D eigenvalue weighted by Crippen LogP contribution is -2.01. The molecule has 1 heterocycles. The maximum atomic E-state index is 14.1. The summed E-state index contributed by atoms with van der Waals surface area (Å²) in [5, 5.41) is 13.2. The van der Waals surface area contributed by atoms with Crippen LogP contribution in [-0.4, -0.2) is 16.9 Å². The SMILES string of the molecule is COc1cccc(-n2nc(C#N)cc2-c2cc(F)ccc2F)c1. The molecule has 3 aromatic rings. The minimum atomic E-state index is -0.597. The second-order valence-corrected chi connectivity index (χ2v) is 4.76. The van der Waals surface area contributed by atoms with Gasteiger partial charge >= 0.3 is 0 Å². The van der Waals surface area contributed by atoms with Crippen LogP contribution < -0.4 is 4.74 Å². The van der Waals surface area contributed by atoms with Gasteiger partial charge in [0.1, 0.15) is 23.5 Å². The molecule has 1 aromatic heterocycles. The Bertz CT molecular complexity index is 912. The van der Waals surface area contributed by atoms with Gasteiger partial charge in [0.05, 0.1) is 18.5 Å². The Kier molecular flexibility index (Phi) is 3.77. The lowest BCUT2D eigenvalue weighted by Gasteiger charge is -2.09. The van der Waals surface area contributed by atoms with Crippen LogP contribution in [0.3, 0.4) is 0 Å². The molecule has 0 fully saturated rings. The first kappa shape index (κ1) is 14.7. The van der Waals surface area contributed by atoms with E-state index in [1.807, 2.05) is 6.07 Å². The van der Waals surface area contributed by atoms with Gasteiger partial charge in [-0.2, -0.15) is 10.4 Å². The van der Waals surface area contributed by atoms with Crippen molar-refractivity contribution >= 4 is 0 Å². The minimum absolute atomic E-state index is 0.0295. The fourth-order valence-electron chi connectivity index (χ4n) is 2.26. The fraction of sp³-hybridized carbons (Fsp3) is 0.0588. The van der Waals surface area contributed by atoms with Crippen molar-refractivity contribution in [3.8, 4) is 28.8 Å². The molecule has 0 spiro atoms. The van der Waals surface area contributed by atoms with Crippen LogP contribution in [0.1, 0.15) is 5.69 Å². The molecule has 0 atom stereocenters. The molecule has 0 aliphatic heterocycles. The van der Waals surface area contributed by atoms with Gasteiger partial charge in [-0.15, -0.1) is 0 Å². The van der Waals surface area contributed by atoms with Crippen molar-refractivity contribution in [2.24, 2.45) is 0 Å². The fourth-order valence-corrected chi connectivity index (χ4v) is 2.26. The van der Waals surface area contributed by atoms with Crippen molar-refractivity contribution < 1.29 is 13.5 Å². The Morgan fingerprint density at radius 3 is 2.70 bits per heavy atom. The summed E-state index contributed by atoms with van der Waals surface area (Å²) in [6, 6.07) is 13.4. The van der Waals surface area contributed by atoms with Crippen LogP contribution in [0.2, 0.25) is 0 Å². The molecule has 0 radical (unpaired) electrons. The number of rotatable bonds is 3. The molecule has 2 aromatic carbocycles. The van der Waals surface area contributed by atoms with E-state index in [4.69, 9.17) is 10.00 Å². The van der Waals surface area contributed by atoms with E-state index >= 15 is 0 Å². The standard InChI is InChI=1S/C17H11F2N3O/c1-23-14-4-2-3-13(9-14)22-17(8-12(10-20)21-22)15-7-11(18)5-6-16(15)19/h2-9H,1H3. The Hall–Kier alpha value is -3.20. The van der Waals surface area contributed by atoms with Gasteiger partial charge in [0.15, 0.2) is 5.69 Å². The molecule has 0 unspecified atom stereocenters. The van der Waals surface area contributed by atoms with Crippen molar-refractivity contribution in [1.29, 1.82) is 5.26 Å². The Labute approximate surface area is 131 Å². The average molecular weight is 311 g/mol. The number of halogens is 2. The van der Waals surface area contributed by atoms with E-state index in [1.54, 1.807) is 24.3 Å². The molecule has 23 heavy (non-hydrogen) atoms. The van der Waals surface area contributed by atoms with Gasteiger partial charge in [-0.1, -0.05) is 6.07 Å². The lowest BCUT2D eigenvalue weighted by molar-refractivity contribution is 0.414. The summed E-state index contributed by atoms with van der Waals surface area (Å²) in [5.41, 5.74) is 0.990. The van der Waals surface area contributed by atoms with Crippen molar-refractivity contribution in [3.63, 3.8) is 0 Å². The number of nitriles is 1. The van der Waals surface area contributed by atoms with E-state index in [9.17, 15) is 8.78 Å². The molecular weight excluding hydrogens is 300 g/mol. The van der Waals surface area contributed by atoms with Crippen molar-refractivity contribution in [2.45, 2.75) is 0 Å². The van der Waals surface area contributed by atoms with Gasteiger partial charge in [0, 0.05) is 17.7 Å². The first-order chi connectivity index (χ1) is 11.1. The summed E-state index contributed by atoms with van der Waals surface area (Å²) in [6.45, 7) is 0. The molecule has 4 nitrogen and oxygen atoms in total. The molecule has 0 aliphatic rings. The van der Waals surface area contributed by atoms with Gasteiger partial charge < -0.3 is 4.74 Å². The largest absolute Gasteiger partial charge is 0.497 e. The molecule has 0 amide bonds. The first-order valence-electron chi connectivity index (χ1n) is 6.72. The van der Waals surface area contributed by atoms with Gasteiger partial charge in [0.25, 0.3) is 0 Å². The summed E-state index contributed by atoms with van der Waals surface area (Å²) in [6.07, 6.45) is 0. The highest BCUT2D eigenvalue weighted by Gasteiger charge is 2.16. The highest BCUT2D eigenvalue weighted by molar-refractivity contribution is 5.64. The first-order valence-corrected chi connectivity index (χ1v) is 6.72. The van der Waals surface area contributed by atoms with Crippen molar-refractivity contribution in [3.05, 3.63) is 65.9 Å². The van der Waals surface area contributed by atoms with Crippen LogP contribution in [0.15, 0.2) is 48.5 Å². The van der Waals surface area contributed by atoms with E-state index in [-0.39, 0.29) is 17.0 Å². The van der Waals surface area contributed by atoms with Crippen molar-refractivity contribution in [1.82, 2.24) is 9.78 Å².